The minimum Gasteiger partial charge on any atom is -0.449 e. The quantitative estimate of drug-likeness (QED) is 0.521. The van der Waals surface area contributed by atoms with E-state index in [9.17, 15) is 9.90 Å². The van der Waals surface area contributed by atoms with Crippen molar-refractivity contribution in [1.82, 2.24) is 5.32 Å². The van der Waals surface area contributed by atoms with Crippen LogP contribution in [0.5, 0.6) is 0 Å². The number of aliphatic hydroxyl groups is 1. The second-order valence-corrected chi connectivity index (χ2v) is 8.30. The van der Waals surface area contributed by atoms with E-state index in [0.717, 1.165) is 5.75 Å². The smallest absolute Gasteiger partial charge is 0.407 e. The van der Waals surface area contributed by atoms with Gasteiger partial charge in [0, 0.05) is 17.8 Å². The Bertz CT molecular complexity index is 349. The lowest BCUT2D eigenvalue weighted by Gasteiger charge is -2.30. The van der Waals surface area contributed by atoms with Gasteiger partial charge in [0.2, 0.25) is 0 Å². The van der Waals surface area contributed by atoms with Gasteiger partial charge in [-0.25, -0.2) is 4.79 Å². The molecule has 3 atom stereocenters. The third kappa shape index (κ3) is 8.58. The van der Waals surface area contributed by atoms with Gasteiger partial charge in [0.15, 0.2) is 0 Å². The Hall–Kier alpha value is -0.460. The fourth-order valence-electron chi connectivity index (χ4n) is 3.37. The molecule has 1 aliphatic rings. The molecule has 1 rings (SSSR count). The SMILES string of the molecule is CSCCOC(=O)N[C@@H](C[C@@H](O)CC(N)C1CCCCC1)C(C)C. The predicted molar refractivity (Wildman–Crippen MR) is 101 cm³/mol. The maximum Gasteiger partial charge on any atom is 0.407 e. The number of thioether (sulfide) groups is 1. The van der Waals surface area contributed by atoms with E-state index in [1.54, 1.807) is 11.8 Å². The van der Waals surface area contributed by atoms with Gasteiger partial charge in [-0.3, -0.25) is 0 Å². The van der Waals surface area contributed by atoms with Crippen molar-refractivity contribution >= 4 is 17.9 Å². The van der Waals surface area contributed by atoms with Crippen LogP contribution in [0.1, 0.15) is 58.8 Å². The number of amides is 1. The van der Waals surface area contributed by atoms with Crippen LogP contribution in [0, 0.1) is 11.8 Å². The van der Waals surface area contributed by atoms with Crippen LogP contribution in [0.25, 0.3) is 0 Å². The van der Waals surface area contributed by atoms with Crippen LogP contribution in [-0.4, -0.2) is 48.0 Å². The Morgan fingerprint density at radius 1 is 1.29 bits per heavy atom. The first-order valence-corrected chi connectivity index (χ1v) is 10.7. The second-order valence-electron chi connectivity index (χ2n) is 7.31. The summed E-state index contributed by atoms with van der Waals surface area (Å²) in [7, 11) is 0. The fourth-order valence-corrected chi connectivity index (χ4v) is 3.62. The van der Waals surface area contributed by atoms with Gasteiger partial charge >= 0.3 is 6.09 Å². The van der Waals surface area contributed by atoms with Crippen molar-refractivity contribution in [2.45, 2.75) is 77.0 Å². The van der Waals surface area contributed by atoms with E-state index in [1.165, 1.54) is 32.1 Å². The summed E-state index contributed by atoms with van der Waals surface area (Å²) in [5.41, 5.74) is 6.31. The van der Waals surface area contributed by atoms with Gasteiger partial charge in [-0.05, 0) is 43.8 Å². The van der Waals surface area contributed by atoms with Crippen LogP contribution in [0.3, 0.4) is 0 Å². The third-order valence-electron chi connectivity index (χ3n) is 4.95. The molecular weight excluding hydrogens is 324 g/mol. The van der Waals surface area contributed by atoms with Crippen molar-refractivity contribution in [2.24, 2.45) is 17.6 Å². The minimum absolute atomic E-state index is 0.0571. The second kappa shape index (κ2) is 12.0. The van der Waals surface area contributed by atoms with E-state index >= 15 is 0 Å². The Balaban J connectivity index is 2.38. The van der Waals surface area contributed by atoms with Crippen LogP contribution in [-0.2, 0) is 4.74 Å². The van der Waals surface area contributed by atoms with Crippen molar-refractivity contribution in [3.05, 3.63) is 0 Å². The molecule has 0 aromatic heterocycles. The lowest BCUT2D eigenvalue weighted by atomic mass is 9.81. The van der Waals surface area contributed by atoms with Crippen LogP contribution in [0.15, 0.2) is 0 Å². The van der Waals surface area contributed by atoms with Gasteiger partial charge in [-0.1, -0.05) is 33.1 Å². The molecule has 0 aromatic carbocycles. The van der Waals surface area contributed by atoms with E-state index in [2.05, 4.69) is 5.32 Å². The summed E-state index contributed by atoms with van der Waals surface area (Å²) in [4.78, 5) is 11.8. The monoisotopic (exact) mass is 360 g/mol. The minimum atomic E-state index is -0.485. The fraction of sp³-hybridized carbons (Fsp3) is 0.944. The first kappa shape index (κ1) is 21.6. The largest absolute Gasteiger partial charge is 0.449 e. The Labute approximate surface area is 151 Å². The number of nitrogens with one attached hydrogen (secondary N) is 1. The topological polar surface area (TPSA) is 84.6 Å². The first-order valence-electron chi connectivity index (χ1n) is 9.29. The van der Waals surface area contributed by atoms with Crippen LogP contribution >= 0.6 is 11.8 Å². The van der Waals surface area contributed by atoms with Crippen molar-refractivity contribution in [1.29, 1.82) is 0 Å². The molecule has 0 saturated heterocycles. The number of carbonyl (C=O) groups is 1. The number of alkyl carbamates (subject to hydrolysis) is 1. The zero-order chi connectivity index (χ0) is 17.9. The zero-order valence-corrected chi connectivity index (χ0v) is 16.3. The molecule has 5 nitrogen and oxygen atoms in total. The number of hydrogen-bond donors (Lipinski definition) is 3. The third-order valence-corrected chi connectivity index (χ3v) is 5.53. The number of aliphatic hydroxyl groups excluding tert-OH is 1. The molecule has 1 amide bonds. The summed E-state index contributed by atoms with van der Waals surface area (Å²) in [6.45, 7) is 4.49. The lowest BCUT2D eigenvalue weighted by Crippen LogP contribution is -2.43. The van der Waals surface area contributed by atoms with E-state index in [4.69, 9.17) is 10.5 Å². The van der Waals surface area contributed by atoms with E-state index in [1.807, 2.05) is 20.1 Å². The lowest BCUT2D eigenvalue weighted by molar-refractivity contribution is 0.103. The summed E-state index contributed by atoms with van der Waals surface area (Å²) >= 11 is 1.64. The van der Waals surface area contributed by atoms with Crippen molar-refractivity contribution < 1.29 is 14.6 Å². The molecule has 1 unspecified atom stereocenters. The predicted octanol–water partition coefficient (Wildman–Crippen LogP) is 3.15. The number of hydrogen-bond acceptors (Lipinski definition) is 5. The maximum atomic E-state index is 11.8. The highest BCUT2D eigenvalue weighted by molar-refractivity contribution is 7.98. The molecule has 24 heavy (non-hydrogen) atoms. The van der Waals surface area contributed by atoms with Crippen molar-refractivity contribution in [2.75, 3.05) is 18.6 Å². The van der Waals surface area contributed by atoms with Crippen LogP contribution in [0.2, 0.25) is 0 Å². The molecule has 0 aliphatic heterocycles. The van der Waals surface area contributed by atoms with E-state index < -0.39 is 12.2 Å². The number of rotatable bonds is 10. The highest BCUT2D eigenvalue weighted by Crippen LogP contribution is 2.28. The molecule has 1 fully saturated rings. The molecule has 0 heterocycles. The number of nitrogens with two attached hydrogens (primary N) is 1. The molecule has 0 bridgehead atoms. The molecule has 6 heteroatoms. The van der Waals surface area contributed by atoms with Gasteiger partial charge in [-0.15, -0.1) is 0 Å². The standard InChI is InChI=1S/C18H36N2O3S/c1-13(2)17(20-18(22)23-9-10-24-3)12-15(21)11-16(19)14-7-5-4-6-8-14/h13-17,21H,4-12,19H2,1-3H3,(H,20,22)/t15-,16?,17-/m0/s1. The summed E-state index contributed by atoms with van der Waals surface area (Å²) in [6.07, 6.45) is 8.41. The Morgan fingerprint density at radius 3 is 2.54 bits per heavy atom. The number of carbonyl (C=O) groups excluding carboxylic acids is 1. The highest BCUT2D eigenvalue weighted by Gasteiger charge is 2.26. The van der Waals surface area contributed by atoms with Crippen LogP contribution < -0.4 is 11.1 Å². The van der Waals surface area contributed by atoms with E-state index in [-0.39, 0.29) is 18.0 Å². The molecule has 4 N–H and O–H groups in total. The first-order chi connectivity index (χ1) is 11.4. The summed E-state index contributed by atoms with van der Waals surface area (Å²) in [6, 6.07) is -0.0398. The average molecular weight is 361 g/mol. The Kier molecular flexibility index (Phi) is 10.8. The Morgan fingerprint density at radius 2 is 1.96 bits per heavy atom. The normalized spacial score (nSPS) is 19.8. The molecule has 0 radical (unpaired) electrons. The van der Waals surface area contributed by atoms with Crippen LogP contribution in [0.4, 0.5) is 4.79 Å². The summed E-state index contributed by atoms with van der Waals surface area (Å²) in [5.74, 6) is 1.56. The van der Waals surface area contributed by atoms with Gasteiger partial charge in [0.25, 0.3) is 0 Å². The summed E-state index contributed by atoms with van der Waals surface area (Å²) < 4.78 is 5.14. The van der Waals surface area contributed by atoms with E-state index in [0.29, 0.717) is 25.4 Å². The van der Waals surface area contributed by atoms with Gasteiger partial charge in [0.1, 0.15) is 6.61 Å². The molecule has 0 aromatic rings. The zero-order valence-electron chi connectivity index (χ0n) is 15.5. The maximum absolute atomic E-state index is 11.8. The van der Waals surface area contributed by atoms with Gasteiger partial charge in [-0.2, -0.15) is 11.8 Å². The van der Waals surface area contributed by atoms with Gasteiger partial charge in [0.05, 0.1) is 6.10 Å². The molecule has 1 saturated carbocycles. The van der Waals surface area contributed by atoms with Crippen molar-refractivity contribution in [3.63, 3.8) is 0 Å². The van der Waals surface area contributed by atoms with Crippen molar-refractivity contribution in [3.8, 4) is 0 Å². The average Bonchev–Trinajstić information content (AvgIpc) is 2.55. The molecule has 1 aliphatic carbocycles. The van der Waals surface area contributed by atoms with Gasteiger partial charge < -0.3 is 20.9 Å². The number of ether oxygens (including phenoxy) is 1. The molecular formula is C18H36N2O3S. The molecule has 142 valence electrons. The highest BCUT2D eigenvalue weighted by atomic mass is 32.2. The molecule has 0 spiro atoms. The summed E-state index contributed by atoms with van der Waals surface area (Å²) in [5, 5.41) is 13.3.